The third-order valence-corrected chi connectivity index (χ3v) is 7.55. The summed E-state index contributed by atoms with van der Waals surface area (Å²) in [7, 11) is 1.80. The maximum absolute atomic E-state index is 13.0. The number of nitrogens with two attached hydrogens (primary N) is 1. The summed E-state index contributed by atoms with van der Waals surface area (Å²) in [5.41, 5.74) is 11.4. The smallest absolute Gasteiger partial charge is 0.409 e. The monoisotopic (exact) mass is 528 g/mol. The van der Waals surface area contributed by atoms with Gasteiger partial charge in [0.05, 0.1) is 24.2 Å². The Bertz CT molecular complexity index is 1260. The first-order valence-corrected chi connectivity index (χ1v) is 13.8. The van der Waals surface area contributed by atoms with E-state index in [0.29, 0.717) is 24.6 Å². The summed E-state index contributed by atoms with van der Waals surface area (Å²) >= 11 is 0. The van der Waals surface area contributed by atoms with E-state index >= 15 is 0 Å². The lowest BCUT2D eigenvalue weighted by atomic mass is 9.83. The molecule has 4 rings (SSSR count). The number of rotatable bonds is 8. The first kappa shape index (κ1) is 28.3. The summed E-state index contributed by atoms with van der Waals surface area (Å²) in [6, 6.07) is 20.4. The summed E-state index contributed by atoms with van der Waals surface area (Å²) in [4.78, 5) is 31.5. The second kappa shape index (κ2) is 12.4. The van der Waals surface area contributed by atoms with Crippen LogP contribution in [0.4, 0.5) is 10.5 Å². The van der Waals surface area contributed by atoms with Crippen LogP contribution < -0.4 is 11.1 Å². The summed E-state index contributed by atoms with van der Waals surface area (Å²) in [6.45, 7) is 6.16. The highest BCUT2D eigenvalue weighted by Crippen LogP contribution is 2.34. The van der Waals surface area contributed by atoms with Crippen molar-refractivity contribution in [2.24, 2.45) is 11.7 Å². The third kappa shape index (κ3) is 7.24. The van der Waals surface area contributed by atoms with Gasteiger partial charge in [0.25, 0.3) is 0 Å². The van der Waals surface area contributed by atoms with Crippen molar-refractivity contribution >= 4 is 17.7 Å². The minimum absolute atomic E-state index is 0.0136. The van der Waals surface area contributed by atoms with E-state index in [0.717, 1.165) is 53.6 Å². The molecule has 1 aromatic heterocycles. The van der Waals surface area contributed by atoms with Gasteiger partial charge in [-0.15, -0.1) is 0 Å². The van der Waals surface area contributed by atoms with Crippen molar-refractivity contribution in [3.8, 4) is 22.4 Å². The highest BCUT2D eigenvalue weighted by atomic mass is 16.6. The number of hydrogen-bond donors (Lipinski definition) is 2. The molecule has 7 nitrogen and oxygen atoms in total. The molecule has 0 atom stereocenters. The van der Waals surface area contributed by atoms with Gasteiger partial charge in [0.15, 0.2) is 0 Å². The van der Waals surface area contributed by atoms with Crippen molar-refractivity contribution in [1.82, 2.24) is 9.88 Å². The molecule has 206 valence electrons. The minimum Gasteiger partial charge on any atom is -0.450 e. The van der Waals surface area contributed by atoms with Crippen LogP contribution in [0.15, 0.2) is 66.9 Å². The molecular weight excluding hydrogens is 488 g/mol. The molecule has 3 aromatic rings. The zero-order valence-corrected chi connectivity index (χ0v) is 23.4. The quantitative estimate of drug-likeness (QED) is 0.344. The van der Waals surface area contributed by atoms with Crippen molar-refractivity contribution < 1.29 is 14.3 Å². The molecule has 7 heteroatoms. The predicted octanol–water partition coefficient (Wildman–Crippen LogP) is 6.59. The van der Waals surface area contributed by atoms with Crippen LogP contribution in [-0.4, -0.2) is 41.6 Å². The summed E-state index contributed by atoms with van der Waals surface area (Å²) in [6.07, 6.45) is 5.47. The molecular formula is C32H40N4O3. The van der Waals surface area contributed by atoms with Crippen molar-refractivity contribution in [3.63, 3.8) is 0 Å². The van der Waals surface area contributed by atoms with E-state index in [1.807, 2.05) is 69.3 Å². The molecule has 0 unspecified atom stereocenters. The number of benzene rings is 2. The summed E-state index contributed by atoms with van der Waals surface area (Å²) < 4.78 is 5.12. The van der Waals surface area contributed by atoms with Crippen LogP contribution in [0.25, 0.3) is 22.4 Å². The van der Waals surface area contributed by atoms with Crippen LogP contribution >= 0.6 is 0 Å². The molecule has 1 heterocycles. The fourth-order valence-electron chi connectivity index (χ4n) is 5.24. The minimum atomic E-state index is -0.418. The zero-order valence-electron chi connectivity index (χ0n) is 23.4. The van der Waals surface area contributed by atoms with Gasteiger partial charge in [0.1, 0.15) is 0 Å². The number of hydrogen-bond acceptors (Lipinski definition) is 5. The van der Waals surface area contributed by atoms with Crippen LogP contribution in [0.5, 0.6) is 0 Å². The van der Waals surface area contributed by atoms with E-state index in [2.05, 4.69) is 17.4 Å². The zero-order chi connectivity index (χ0) is 28.0. The molecule has 3 N–H and O–H groups in total. The summed E-state index contributed by atoms with van der Waals surface area (Å²) in [5, 5.41) is 3.07. The lowest BCUT2D eigenvalue weighted by Gasteiger charge is -2.33. The number of ether oxygens (including phenoxy) is 1. The molecule has 2 amide bonds. The highest BCUT2D eigenvalue weighted by molar-refractivity contribution is 5.93. The van der Waals surface area contributed by atoms with Gasteiger partial charge in [0.2, 0.25) is 5.91 Å². The first-order valence-electron chi connectivity index (χ1n) is 13.8. The Morgan fingerprint density at radius 3 is 2.31 bits per heavy atom. The Hall–Kier alpha value is -3.71. The summed E-state index contributed by atoms with van der Waals surface area (Å²) in [5.74, 6) is 0.281. The van der Waals surface area contributed by atoms with Gasteiger partial charge < -0.3 is 20.7 Å². The van der Waals surface area contributed by atoms with Gasteiger partial charge in [-0.25, -0.2) is 4.79 Å². The first-order chi connectivity index (χ1) is 18.7. The molecule has 2 aromatic carbocycles. The predicted molar refractivity (Wildman–Crippen MR) is 156 cm³/mol. The van der Waals surface area contributed by atoms with Crippen LogP contribution in [-0.2, 0) is 15.1 Å². The average Bonchev–Trinajstić information content (AvgIpc) is 2.93. The Morgan fingerprint density at radius 2 is 1.69 bits per heavy atom. The topological polar surface area (TPSA) is 97.5 Å². The van der Waals surface area contributed by atoms with Crippen LogP contribution in [0.3, 0.4) is 0 Å². The number of nitrogens with one attached hydrogen (secondary N) is 1. The van der Waals surface area contributed by atoms with Gasteiger partial charge in [-0.3, -0.25) is 9.78 Å². The molecule has 0 radical (unpaired) electrons. The molecule has 1 aliphatic rings. The van der Waals surface area contributed by atoms with Crippen molar-refractivity contribution in [3.05, 3.63) is 72.4 Å². The Labute approximate surface area is 231 Å². The fourth-order valence-corrected chi connectivity index (χ4v) is 5.24. The van der Waals surface area contributed by atoms with Crippen molar-refractivity contribution in [2.75, 3.05) is 19.0 Å². The van der Waals surface area contributed by atoms with Gasteiger partial charge in [-0.1, -0.05) is 54.6 Å². The maximum Gasteiger partial charge on any atom is 0.409 e. The van der Waals surface area contributed by atoms with Gasteiger partial charge in [-0.05, 0) is 69.6 Å². The Balaban J connectivity index is 1.45. The molecule has 0 aliphatic heterocycles. The molecule has 0 saturated heterocycles. The number of carbonyl (C=O) groups excluding carboxylic acids is 2. The number of amides is 2. The SMILES string of the molecule is CCOC(=O)N(C)C1CCC(CC(=O)Nc2cnc(-c3ccc(C(C)(C)N)cc3)c(-c3ccccc3)c2)CC1. The number of aromatic nitrogens is 1. The fraction of sp³-hybridized carbons (Fsp3) is 0.406. The average molecular weight is 529 g/mol. The van der Waals surface area contributed by atoms with E-state index in [9.17, 15) is 9.59 Å². The number of pyridine rings is 1. The van der Waals surface area contributed by atoms with Crippen LogP contribution in [0.1, 0.15) is 58.4 Å². The number of carbonyl (C=O) groups is 2. The molecule has 39 heavy (non-hydrogen) atoms. The lowest BCUT2D eigenvalue weighted by molar-refractivity contribution is -0.117. The third-order valence-electron chi connectivity index (χ3n) is 7.55. The normalized spacial score (nSPS) is 17.4. The molecule has 1 fully saturated rings. The molecule has 0 spiro atoms. The molecule has 1 aliphatic carbocycles. The maximum atomic E-state index is 13.0. The van der Waals surface area contributed by atoms with Gasteiger partial charge in [-0.2, -0.15) is 0 Å². The Morgan fingerprint density at radius 1 is 1.03 bits per heavy atom. The van der Waals surface area contributed by atoms with Crippen molar-refractivity contribution in [2.45, 2.75) is 64.5 Å². The largest absolute Gasteiger partial charge is 0.450 e. The van der Waals surface area contributed by atoms with Gasteiger partial charge >= 0.3 is 6.09 Å². The van der Waals surface area contributed by atoms with E-state index in [4.69, 9.17) is 15.5 Å². The van der Waals surface area contributed by atoms with Crippen LogP contribution in [0.2, 0.25) is 0 Å². The van der Waals surface area contributed by atoms with Crippen molar-refractivity contribution in [1.29, 1.82) is 0 Å². The van der Waals surface area contributed by atoms with E-state index in [1.165, 1.54) is 0 Å². The second-order valence-electron chi connectivity index (χ2n) is 11.0. The van der Waals surface area contributed by atoms with Gasteiger partial charge in [0, 0.05) is 36.2 Å². The number of anilines is 1. The number of nitrogens with zero attached hydrogens (tertiary/aromatic N) is 2. The van der Waals surface area contributed by atoms with E-state index in [-0.39, 0.29) is 18.0 Å². The molecule has 0 bridgehead atoms. The van der Waals surface area contributed by atoms with E-state index < -0.39 is 5.54 Å². The van der Waals surface area contributed by atoms with Crippen LogP contribution in [0, 0.1) is 5.92 Å². The standard InChI is InChI=1S/C32H40N4O3/c1-5-39-31(38)36(4)27-17-11-22(12-18-27)19-29(37)35-26-20-28(23-9-7-6-8-10-23)30(34-21-26)24-13-15-25(16-14-24)32(2,3)33/h6-10,13-16,20-22,27H,5,11-12,17-19,33H2,1-4H3,(H,35,37). The molecule has 1 saturated carbocycles. The second-order valence-corrected chi connectivity index (χ2v) is 11.0. The van der Waals surface area contributed by atoms with E-state index in [1.54, 1.807) is 18.1 Å². The lowest BCUT2D eigenvalue weighted by Crippen LogP contribution is -2.40. The highest BCUT2D eigenvalue weighted by Gasteiger charge is 2.28. The Kier molecular flexibility index (Phi) is 9.02.